The number of aromatic nitrogens is 1. The maximum atomic E-state index is 12.5. The van der Waals surface area contributed by atoms with Gasteiger partial charge in [-0.25, -0.2) is 4.57 Å². The largest absolute Gasteiger partial charge is 0.389 e. The molecule has 0 unspecified atom stereocenters. The monoisotopic (exact) mass is 358 g/mol. The van der Waals surface area contributed by atoms with Crippen LogP contribution >= 0.6 is 0 Å². The lowest BCUT2D eigenvalue weighted by molar-refractivity contribution is -0.659. The fourth-order valence-electron chi connectivity index (χ4n) is 3.48. The van der Waals surface area contributed by atoms with Gasteiger partial charge in [-0.05, 0) is 61.4 Å². The molecular formula is C22H23F3N+. The Kier molecular flexibility index (Phi) is 4.78. The molecule has 1 heterocycles. The highest BCUT2D eigenvalue weighted by atomic mass is 19.4. The number of benzene rings is 2. The average Bonchev–Trinajstić information content (AvgIpc) is 2.56. The topological polar surface area (TPSA) is 3.88 Å². The third kappa shape index (κ3) is 3.74. The smallest absolute Gasteiger partial charge is 0.200 e. The molecule has 0 amide bonds. The Hall–Kier alpha value is -2.36. The molecule has 0 radical (unpaired) electrons. The van der Waals surface area contributed by atoms with Gasteiger partial charge >= 0.3 is 6.18 Å². The van der Waals surface area contributed by atoms with Crippen LogP contribution in [0.15, 0.2) is 42.6 Å². The fraction of sp³-hybridized carbons (Fsp3) is 0.318. The Morgan fingerprint density at radius 3 is 2.38 bits per heavy atom. The molecule has 26 heavy (non-hydrogen) atoms. The van der Waals surface area contributed by atoms with E-state index in [2.05, 4.69) is 37.5 Å². The molecule has 0 aliphatic heterocycles. The molecule has 0 saturated carbocycles. The van der Waals surface area contributed by atoms with E-state index in [1.165, 1.54) is 22.3 Å². The molecule has 0 aliphatic carbocycles. The number of pyridine rings is 1. The summed E-state index contributed by atoms with van der Waals surface area (Å²) in [5, 5.41) is 2.02. The Morgan fingerprint density at radius 1 is 0.962 bits per heavy atom. The zero-order valence-corrected chi connectivity index (χ0v) is 15.5. The van der Waals surface area contributed by atoms with Crippen molar-refractivity contribution in [2.45, 2.75) is 39.8 Å². The highest BCUT2D eigenvalue weighted by molar-refractivity contribution is 5.94. The first-order chi connectivity index (χ1) is 12.2. The van der Waals surface area contributed by atoms with E-state index in [1.54, 1.807) is 0 Å². The van der Waals surface area contributed by atoms with Crippen LogP contribution in [-0.2, 0) is 13.5 Å². The van der Waals surface area contributed by atoms with E-state index in [0.717, 1.165) is 16.5 Å². The van der Waals surface area contributed by atoms with Crippen LogP contribution in [0.2, 0.25) is 0 Å². The van der Waals surface area contributed by atoms with Crippen molar-refractivity contribution in [3.63, 3.8) is 0 Å². The van der Waals surface area contributed by atoms with Gasteiger partial charge in [0.15, 0.2) is 6.20 Å². The van der Waals surface area contributed by atoms with Gasteiger partial charge in [0.25, 0.3) is 0 Å². The normalized spacial score (nSPS) is 12.0. The van der Waals surface area contributed by atoms with Crippen LogP contribution in [-0.4, -0.2) is 6.18 Å². The van der Waals surface area contributed by atoms with Crippen LogP contribution < -0.4 is 4.57 Å². The predicted molar refractivity (Wildman–Crippen MR) is 99.1 cm³/mol. The highest BCUT2D eigenvalue weighted by Gasteiger charge is 2.26. The van der Waals surface area contributed by atoms with Gasteiger partial charge in [0.2, 0.25) is 5.69 Å². The molecule has 0 fully saturated rings. The molecule has 0 atom stereocenters. The van der Waals surface area contributed by atoms with E-state index in [1.807, 2.05) is 37.5 Å². The molecular weight excluding hydrogens is 335 g/mol. The van der Waals surface area contributed by atoms with Gasteiger partial charge in [-0.3, -0.25) is 0 Å². The minimum absolute atomic E-state index is 0.0123. The average molecular weight is 358 g/mol. The van der Waals surface area contributed by atoms with Gasteiger partial charge in [0, 0.05) is 12.5 Å². The van der Waals surface area contributed by atoms with Crippen LogP contribution in [0.25, 0.3) is 22.0 Å². The number of fused-ring (bicyclic) bond motifs is 1. The Labute approximate surface area is 152 Å². The van der Waals surface area contributed by atoms with Crippen LogP contribution in [0, 0.1) is 20.8 Å². The summed E-state index contributed by atoms with van der Waals surface area (Å²) in [6.45, 7) is 6.29. The van der Waals surface area contributed by atoms with Gasteiger partial charge < -0.3 is 0 Å². The molecule has 2 aromatic carbocycles. The summed E-state index contributed by atoms with van der Waals surface area (Å²) >= 11 is 0. The summed E-state index contributed by atoms with van der Waals surface area (Å²) < 4.78 is 39.6. The lowest BCUT2D eigenvalue weighted by Crippen LogP contribution is -2.30. The quantitative estimate of drug-likeness (QED) is 0.525. The van der Waals surface area contributed by atoms with E-state index in [0.29, 0.717) is 5.56 Å². The fourth-order valence-corrected chi connectivity index (χ4v) is 3.48. The second-order valence-corrected chi connectivity index (χ2v) is 7.07. The van der Waals surface area contributed by atoms with Crippen molar-refractivity contribution < 1.29 is 17.7 Å². The number of rotatable bonds is 3. The van der Waals surface area contributed by atoms with E-state index >= 15 is 0 Å². The highest BCUT2D eigenvalue weighted by Crippen LogP contribution is 2.31. The molecule has 0 bridgehead atoms. The molecule has 3 aromatic rings. The van der Waals surface area contributed by atoms with Crippen LogP contribution in [0.5, 0.6) is 0 Å². The minimum atomic E-state index is -4.13. The molecule has 136 valence electrons. The second kappa shape index (κ2) is 6.75. The van der Waals surface area contributed by atoms with Crippen molar-refractivity contribution in [2.75, 3.05) is 0 Å². The molecule has 4 heteroatoms. The third-order valence-electron chi connectivity index (χ3n) is 4.97. The number of hydrogen-bond acceptors (Lipinski definition) is 0. The van der Waals surface area contributed by atoms with Crippen LogP contribution in [0.3, 0.4) is 0 Å². The Bertz CT molecular complexity index is 971. The molecule has 0 N–H and O–H groups in total. The molecule has 1 aromatic heterocycles. The van der Waals surface area contributed by atoms with Gasteiger partial charge in [-0.15, -0.1) is 0 Å². The molecule has 3 rings (SSSR count). The molecule has 0 saturated heterocycles. The standard InChI is InChI=1S/C22H23F3N/c1-14-11-15(2)16(3)20(12-14)21-19-6-5-17(7-9-22(23,24)25)13-18(19)8-10-26(21)4/h5-6,8,10-13H,7,9H2,1-4H3/q+1. The lowest BCUT2D eigenvalue weighted by Gasteiger charge is -2.12. The first-order valence-corrected chi connectivity index (χ1v) is 8.72. The summed E-state index contributed by atoms with van der Waals surface area (Å²) in [4.78, 5) is 0. The second-order valence-electron chi connectivity index (χ2n) is 7.07. The molecule has 0 aliphatic rings. The summed E-state index contributed by atoms with van der Waals surface area (Å²) in [5.41, 5.74) is 6.63. The van der Waals surface area contributed by atoms with E-state index < -0.39 is 12.6 Å². The van der Waals surface area contributed by atoms with Gasteiger partial charge in [0.1, 0.15) is 7.05 Å². The zero-order chi connectivity index (χ0) is 19.1. The van der Waals surface area contributed by atoms with E-state index in [4.69, 9.17) is 0 Å². The van der Waals surface area contributed by atoms with Crippen molar-refractivity contribution in [3.8, 4) is 11.3 Å². The zero-order valence-electron chi connectivity index (χ0n) is 15.5. The SMILES string of the molecule is Cc1cc(C)c(C)c(-c2c3ccc(CCC(F)(F)F)cc3cc[n+]2C)c1. The maximum absolute atomic E-state index is 12.5. The predicted octanol–water partition coefficient (Wildman–Crippen LogP) is 5.75. The van der Waals surface area contributed by atoms with Gasteiger partial charge in [-0.1, -0.05) is 23.8 Å². The maximum Gasteiger partial charge on any atom is 0.389 e. The number of nitrogens with zero attached hydrogens (tertiary/aromatic N) is 1. The Morgan fingerprint density at radius 2 is 1.69 bits per heavy atom. The summed E-state index contributed by atoms with van der Waals surface area (Å²) in [7, 11) is 2.00. The van der Waals surface area contributed by atoms with Crippen molar-refractivity contribution >= 4 is 10.8 Å². The van der Waals surface area contributed by atoms with Crippen molar-refractivity contribution in [2.24, 2.45) is 7.05 Å². The number of halogens is 3. The number of hydrogen-bond donors (Lipinski definition) is 0. The number of alkyl halides is 3. The van der Waals surface area contributed by atoms with Crippen molar-refractivity contribution in [1.82, 2.24) is 0 Å². The summed E-state index contributed by atoms with van der Waals surface area (Å²) in [6.07, 6.45) is -2.93. The minimum Gasteiger partial charge on any atom is -0.200 e. The molecule has 1 nitrogen and oxygen atoms in total. The summed E-state index contributed by atoms with van der Waals surface area (Å²) in [6, 6.07) is 12.0. The summed E-state index contributed by atoms with van der Waals surface area (Å²) in [5.74, 6) is 0. The van der Waals surface area contributed by atoms with E-state index in [-0.39, 0.29) is 6.42 Å². The van der Waals surface area contributed by atoms with Crippen molar-refractivity contribution in [1.29, 1.82) is 0 Å². The van der Waals surface area contributed by atoms with Crippen LogP contribution in [0.1, 0.15) is 28.7 Å². The first kappa shape index (κ1) is 18.4. The number of aryl methyl sites for hydroxylation is 4. The van der Waals surface area contributed by atoms with Gasteiger partial charge in [-0.2, -0.15) is 13.2 Å². The van der Waals surface area contributed by atoms with Crippen molar-refractivity contribution in [3.05, 3.63) is 64.8 Å². The van der Waals surface area contributed by atoms with Crippen LogP contribution in [0.4, 0.5) is 13.2 Å². The molecule has 0 spiro atoms. The third-order valence-corrected chi connectivity index (χ3v) is 4.97. The lowest BCUT2D eigenvalue weighted by atomic mass is 9.94. The first-order valence-electron chi connectivity index (χ1n) is 8.72. The Balaban J connectivity index is 2.14. The van der Waals surface area contributed by atoms with Gasteiger partial charge in [0.05, 0.1) is 10.9 Å². The van der Waals surface area contributed by atoms with E-state index in [9.17, 15) is 13.2 Å².